The molecule has 0 aliphatic heterocycles. The van der Waals surface area contributed by atoms with Gasteiger partial charge in [0.05, 0.1) is 6.54 Å². The van der Waals surface area contributed by atoms with Crippen molar-refractivity contribution in [2.24, 2.45) is 5.73 Å². The molecule has 0 fully saturated rings. The molecule has 2 N–H and O–H groups in total. The Balaban J connectivity index is 2.68. The van der Waals surface area contributed by atoms with Crippen molar-refractivity contribution < 1.29 is 4.39 Å². The van der Waals surface area contributed by atoms with E-state index in [1.54, 1.807) is 0 Å². The molecule has 1 rings (SSSR count). The first-order valence-corrected chi connectivity index (χ1v) is 8.14. The highest BCUT2D eigenvalue weighted by Gasteiger charge is 2.11. The van der Waals surface area contributed by atoms with E-state index in [4.69, 9.17) is 5.73 Å². The van der Waals surface area contributed by atoms with Crippen LogP contribution in [0.3, 0.4) is 0 Å². The van der Waals surface area contributed by atoms with E-state index in [1.165, 1.54) is 6.07 Å². The Kier molecular flexibility index (Phi) is 7.68. The van der Waals surface area contributed by atoms with Gasteiger partial charge in [0.2, 0.25) is 0 Å². The molecule has 110 valence electrons. The Labute approximate surface area is 125 Å². The van der Waals surface area contributed by atoms with E-state index in [0.29, 0.717) is 30.3 Å². The Morgan fingerprint density at radius 3 is 2.80 bits per heavy atom. The van der Waals surface area contributed by atoms with Gasteiger partial charge in [0, 0.05) is 23.7 Å². The summed E-state index contributed by atoms with van der Waals surface area (Å²) in [6, 6.07) is 5.59. The molecule has 0 radical (unpaired) electrons. The Morgan fingerprint density at radius 1 is 1.45 bits per heavy atom. The van der Waals surface area contributed by atoms with Crippen LogP contribution in [0.4, 0.5) is 4.39 Å². The molecule has 1 aromatic carbocycles. The second-order valence-corrected chi connectivity index (χ2v) is 5.84. The molecule has 4 heteroatoms. The summed E-state index contributed by atoms with van der Waals surface area (Å²) in [5.74, 6) is 6.51. The highest BCUT2D eigenvalue weighted by atomic mass is 32.2. The Bertz CT molecular complexity index is 479. The van der Waals surface area contributed by atoms with Crippen LogP contribution in [0.25, 0.3) is 0 Å². The number of halogens is 1. The first-order valence-electron chi connectivity index (χ1n) is 6.75. The Hall–Kier alpha value is -1.02. The summed E-state index contributed by atoms with van der Waals surface area (Å²) in [4.78, 5) is 2.18. The van der Waals surface area contributed by atoms with Crippen LogP contribution < -0.4 is 5.73 Å². The lowest BCUT2D eigenvalue weighted by atomic mass is 10.1. The van der Waals surface area contributed by atoms with Crippen molar-refractivity contribution in [1.82, 2.24) is 4.90 Å². The van der Waals surface area contributed by atoms with Crippen LogP contribution in [0.5, 0.6) is 0 Å². The second-order valence-electron chi connectivity index (χ2n) is 4.86. The van der Waals surface area contributed by atoms with Gasteiger partial charge in [0.15, 0.2) is 0 Å². The standard InChI is InChI=1S/C16H23FN2S/c1-13(8-10-20-3)19(2)12-15-7-6-14(5-4-9-18)11-16(15)17/h6-7,11,13H,8-10,12,18H2,1-3H3. The Morgan fingerprint density at radius 2 is 2.20 bits per heavy atom. The summed E-state index contributed by atoms with van der Waals surface area (Å²) in [7, 11) is 2.03. The molecule has 0 saturated carbocycles. The van der Waals surface area contributed by atoms with Gasteiger partial charge in [-0.15, -0.1) is 0 Å². The van der Waals surface area contributed by atoms with Crippen molar-refractivity contribution in [3.63, 3.8) is 0 Å². The van der Waals surface area contributed by atoms with E-state index >= 15 is 0 Å². The summed E-state index contributed by atoms with van der Waals surface area (Å²) in [6.45, 7) is 3.08. The molecule has 1 atom stereocenters. The average molecular weight is 294 g/mol. The molecule has 2 nitrogen and oxygen atoms in total. The van der Waals surface area contributed by atoms with E-state index in [2.05, 4.69) is 29.9 Å². The molecular formula is C16H23FN2S. The van der Waals surface area contributed by atoms with Gasteiger partial charge >= 0.3 is 0 Å². The average Bonchev–Trinajstić information content (AvgIpc) is 2.44. The first kappa shape index (κ1) is 17.0. The van der Waals surface area contributed by atoms with Crippen LogP contribution in [0, 0.1) is 17.7 Å². The van der Waals surface area contributed by atoms with Gasteiger partial charge in [-0.3, -0.25) is 4.90 Å². The van der Waals surface area contributed by atoms with Crippen molar-refractivity contribution >= 4 is 11.8 Å². The summed E-state index contributed by atoms with van der Waals surface area (Å²) >= 11 is 1.84. The van der Waals surface area contributed by atoms with Gasteiger partial charge in [0.1, 0.15) is 5.82 Å². The summed E-state index contributed by atoms with van der Waals surface area (Å²) in [5, 5.41) is 0. The van der Waals surface area contributed by atoms with Gasteiger partial charge in [-0.1, -0.05) is 17.9 Å². The third kappa shape index (κ3) is 5.54. The molecule has 0 aliphatic carbocycles. The smallest absolute Gasteiger partial charge is 0.128 e. The first-order chi connectivity index (χ1) is 9.58. The van der Waals surface area contributed by atoms with E-state index in [-0.39, 0.29) is 5.82 Å². The molecule has 0 heterocycles. The topological polar surface area (TPSA) is 29.3 Å². The molecule has 0 aliphatic rings. The van der Waals surface area contributed by atoms with Gasteiger partial charge in [-0.05, 0) is 44.5 Å². The predicted octanol–water partition coefficient (Wildman–Crippen LogP) is 2.71. The number of nitrogens with zero attached hydrogens (tertiary/aromatic N) is 1. The molecule has 20 heavy (non-hydrogen) atoms. The van der Waals surface area contributed by atoms with Crippen molar-refractivity contribution in [2.75, 3.05) is 25.6 Å². The maximum atomic E-state index is 14.0. The van der Waals surface area contributed by atoms with Gasteiger partial charge in [-0.2, -0.15) is 11.8 Å². The second kappa shape index (κ2) is 9.02. The zero-order valence-corrected chi connectivity index (χ0v) is 13.3. The highest BCUT2D eigenvalue weighted by Crippen LogP contribution is 2.15. The molecule has 0 aromatic heterocycles. The fourth-order valence-electron chi connectivity index (χ4n) is 1.84. The van der Waals surface area contributed by atoms with Crippen molar-refractivity contribution in [3.8, 4) is 11.8 Å². The zero-order chi connectivity index (χ0) is 15.0. The molecule has 0 spiro atoms. The van der Waals surface area contributed by atoms with Crippen LogP contribution in [-0.4, -0.2) is 36.5 Å². The fourth-order valence-corrected chi connectivity index (χ4v) is 2.42. The zero-order valence-electron chi connectivity index (χ0n) is 12.4. The minimum absolute atomic E-state index is 0.197. The van der Waals surface area contributed by atoms with Gasteiger partial charge < -0.3 is 5.73 Å². The molecule has 0 bridgehead atoms. The van der Waals surface area contributed by atoms with Gasteiger partial charge in [0.25, 0.3) is 0 Å². The minimum atomic E-state index is -0.197. The number of nitrogens with two attached hydrogens (primary N) is 1. The largest absolute Gasteiger partial charge is 0.320 e. The summed E-state index contributed by atoms with van der Waals surface area (Å²) in [5.41, 5.74) is 6.69. The monoisotopic (exact) mass is 294 g/mol. The predicted molar refractivity (Wildman–Crippen MR) is 86.3 cm³/mol. The lowest BCUT2D eigenvalue weighted by Crippen LogP contribution is -2.29. The maximum Gasteiger partial charge on any atom is 0.128 e. The van der Waals surface area contributed by atoms with Gasteiger partial charge in [-0.25, -0.2) is 4.39 Å². The normalized spacial score (nSPS) is 12.1. The summed E-state index contributed by atoms with van der Waals surface area (Å²) in [6.07, 6.45) is 3.22. The lowest BCUT2D eigenvalue weighted by molar-refractivity contribution is 0.242. The number of benzene rings is 1. The molecule has 0 saturated heterocycles. The molecular weight excluding hydrogens is 271 g/mol. The minimum Gasteiger partial charge on any atom is -0.320 e. The molecule has 1 aromatic rings. The molecule has 0 amide bonds. The number of hydrogen-bond acceptors (Lipinski definition) is 3. The fraction of sp³-hybridized carbons (Fsp3) is 0.500. The van der Waals surface area contributed by atoms with Crippen LogP contribution in [-0.2, 0) is 6.54 Å². The van der Waals surface area contributed by atoms with Crippen LogP contribution in [0.2, 0.25) is 0 Å². The number of rotatable bonds is 6. The number of thioether (sulfide) groups is 1. The highest BCUT2D eigenvalue weighted by molar-refractivity contribution is 7.98. The lowest BCUT2D eigenvalue weighted by Gasteiger charge is -2.24. The van der Waals surface area contributed by atoms with Crippen LogP contribution >= 0.6 is 11.8 Å². The van der Waals surface area contributed by atoms with E-state index in [1.807, 2.05) is 30.9 Å². The SMILES string of the molecule is CSCCC(C)N(C)Cc1ccc(C#CCN)cc1F. The van der Waals surface area contributed by atoms with E-state index in [9.17, 15) is 4.39 Å². The van der Waals surface area contributed by atoms with E-state index in [0.717, 1.165) is 12.2 Å². The third-order valence-electron chi connectivity index (χ3n) is 3.30. The molecule has 1 unspecified atom stereocenters. The number of hydrogen-bond donors (Lipinski definition) is 1. The van der Waals surface area contributed by atoms with Crippen LogP contribution in [0.15, 0.2) is 18.2 Å². The van der Waals surface area contributed by atoms with Crippen LogP contribution in [0.1, 0.15) is 24.5 Å². The third-order valence-corrected chi connectivity index (χ3v) is 3.94. The van der Waals surface area contributed by atoms with Crippen molar-refractivity contribution in [1.29, 1.82) is 0 Å². The summed E-state index contributed by atoms with van der Waals surface area (Å²) < 4.78 is 14.0. The quantitative estimate of drug-likeness (QED) is 0.818. The van der Waals surface area contributed by atoms with Crippen molar-refractivity contribution in [2.45, 2.75) is 25.9 Å². The maximum absolute atomic E-state index is 14.0. The van der Waals surface area contributed by atoms with E-state index < -0.39 is 0 Å². The van der Waals surface area contributed by atoms with Crippen molar-refractivity contribution in [3.05, 3.63) is 35.1 Å².